The molecule has 0 bridgehead atoms. The van der Waals surface area contributed by atoms with Crippen molar-refractivity contribution in [2.45, 2.75) is 22.1 Å². The average molecular weight is 447 g/mol. The second-order valence-corrected chi connectivity index (χ2v) is 9.60. The molecule has 2 aromatic carbocycles. The molecule has 0 aliphatic rings. The van der Waals surface area contributed by atoms with E-state index in [2.05, 4.69) is 0 Å². The fraction of sp³-hybridized carbons (Fsp3) is 0.200. The van der Waals surface area contributed by atoms with Crippen molar-refractivity contribution in [1.82, 2.24) is 3.71 Å². The zero-order chi connectivity index (χ0) is 21.5. The van der Waals surface area contributed by atoms with Crippen molar-refractivity contribution >= 4 is 20.0 Å². The van der Waals surface area contributed by atoms with E-state index in [-0.39, 0.29) is 3.71 Å². The molecule has 2 rings (SSSR count). The summed E-state index contributed by atoms with van der Waals surface area (Å²) in [5.41, 5.74) is -2.28. The molecule has 0 amide bonds. The van der Waals surface area contributed by atoms with Crippen LogP contribution in [0, 0.1) is 0 Å². The van der Waals surface area contributed by atoms with E-state index < -0.39 is 53.3 Å². The van der Waals surface area contributed by atoms with Gasteiger partial charge in [0.2, 0.25) is 0 Å². The molecular formula is C15H11F6NO4S2. The average Bonchev–Trinajstić information content (AvgIpc) is 2.59. The molecule has 0 aromatic heterocycles. The highest BCUT2D eigenvalue weighted by atomic mass is 32.3. The first kappa shape index (κ1) is 22.2. The summed E-state index contributed by atoms with van der Waals surface area (Å²) < 4.78 is 125. The maximum absolute atomic E-state index is 12.6. The quantitative estimate of drug-likeness (QED) is 0.670. The minimum absolute atomic E-state index is 0.120. The van der Waals surface area contributed by atoms with Gasteiger partial charge in [-0.2, -0.15) is 26.3 Å². The Labute approximate surface area is 156 Å². The molecule has 2 aromatic rings. The summed E-state index contributed by atoms with van der Waals surface area (Å²) in [5, 5.41) is 0. The number of hydrogen-bond donors (Lipinski definition) is 0. The van der Waals surface area contributed by atoms with Gasteiger partial charge in [-0.15, -0.1) is 0 Å². The summed E-state index contributed by atoms with van der Waals surface area (Å²) in [6, 6.07) is 4.18. The highest BCUT2D eigenvalue weighted by Gasteiger charge is 2.36. The Kier molecular flexibility index (Phi) is 5.58. The Morgan fingerprint density at radius 2 is 0.857 bits per heavy atom. The van der Waals surface area contributed by atoms with Crippen LogP contribution >= 0.6 is 0 Å². The van der Waals surface area contributed by atoms with Crippen molar-refractivity contribution in [1.29, 1.82) is 0 Å². The number of rotatable bonds is 4. The van der Waals surface area contributed by atoms with Gasteiger partial charge in [-0.3, -0.25) is 0 Å². The molecule has 0 fully saturated rings. The first-order chi connectivity index (χ1) is 12.6. The highest BCUT2D eigenvalue weighted by Crippen LogP contribution is 2.32. The SMILES string of the molecule is CN(S(=O)(=O)c1ccc(C(F)(F)F)cc1)S(=O)(=O)c1ccc(C(F)(F)F)cc1. The lowest BCUT2D eigenvalue weighted by atomic mass is 10.2. The van der Waals surface area contributed by atoms with Crippen LogP contribution in [0.1, 0.15) is 11.1 Å². The Hall–Kier alpha value is -2.12. The third-order valence-corrected chi connectivity index (χ3v) is 7.90. The van der Waals surface area contributed by atoms with E-state index in [1.54, 1.807) is 0 Å². The third kappa shape index (κ3) is 4.31. The maximum atomic E-state index is 12.6. The molecule has 0 unspecified atom stereocenters. The van der Waals surface area contributed by atoms with Crippen LogP contribution in [0.4, 0.5) is 26.3 Å². The van der Waals surface area contributed by atoms with Crippen LogP contribution in [-0.4, -0.2) is 27.6 Å². The van der Waals surface area contributed by atoms with Crippen molar-refractivity contribution in [3.63, 3.8) is 0 Å². The van der Waals surface area contributed by atoms with E-state index in [1.165, 1.54) is 0 Å². The van der Waals surface area contributed by atoms with Crippen LogP contribution in [0.3, 0.4) is 0 Å². The number of nitrogens with zero attached hydrogens (tertiary/aromatic N) is 1. The van der Waals surface area contributed by atoms with Gasteiger partial charge in [-0.05, 0) is 48.5 Å². The van der Waals surface area contributed by atoms with Crippen molar-refractivity contribution in [2.75, 3.05) is 7.05 Å². The van der Waals surface area contributed by atoms with Crippen molar-refractivity contribution in [3.05, 3.63) is 59.7 Å². The summed E-state index contributed by atoms with van der Waals surface area (Å²) in [6.45, 7) is 0. The second-order valence-electron chi connectivity index (χ2n) is 5.43. The molecule has 0 saturated carbocycles. The predicted molar refractivity (Wildman–Crippen MR) is 85.0 cm³/mol. The Bertz CT molecular complexity index is 970. The summed E-state index contributed by atoms with van der Waals surface area (Å²) in [5.74, 6) is 0. The topological polar surface area (TPSA) is 71.5 Å². The summed E-state index contributed by atoms with van der Waals surface area (Å²) >= 11 is 0. The van der Waals surface area contributed by atoms with Gasteiger partial charge >= 0.3 is 12.4 Å². The summed E-state index contributed by atoms with van der Waals surface area (Å²) in [7, 11) is -8.95. The van der Waals surface area contributed by atoms with Crippen LogP contribution in [0.15, 0.2) is 58.3 Å². The standard InChI is InChI=1S/C15H11F6NO4S2/c1-22(27(23,24)12-6-2-10(3-7-12)14(16,17)18)28(25,26)13-8-4-11(5-9-13)15(19,20)21/h2-9H,1H3. The maximum Gasteiger partial charge on any atom is 0.416 e. The van der Waals surface area contributed by atoms with E-state index >= 15 is 0 Å². The lowest BCUT2D eigenvalue weighted by Crippen LogP contribution is -2.33. The van der Waals surface area contributed by atoms with Gasteiger partial charge in [0.05, 0.1) is 20.9 Å². The zero-order valence-corrected chi connectivity index (χ0v) is 15.4. The van der Waals surface area contributed by atoms with Gasteiger partial charge in [0.15, 0.2) is 0 Å². The molecular weight excluding hydrogens is 436 g/mol. The number of alkyl halides is 6. The number of hydrogen-bond acceptors (Lipinski definition) is 4. The number of benzene rings is 2. The Morgan fingerprint density at radius 1 is 0.607 bits per heavy atom. The highest BCUT2D eigenvalue weighted by molar-refractivity contribution is 8.04. The predicted octanol–water partition coefficient (Wildman–Crippen LogP) is 3.73. The Balaban J connectivity index is 2.41. The van der Waals surface area contributed by atoms with Crippen LogP contribution in [0.25, 0.3) is 0 Å². The monoisotopic (exact) mass is 447 g/mol. The molecule has 0 atom stereocenters. The molecule has 0 saturated heterocycles. The van der Waals surface area contributed by atoms with E-state index in [4.69, 9.17) is 0 Å². The van der Waals surface area contributed by atoms with Gasteiger partial charge in [-0.1, -0.05) is 3.71 Å². The molecule has 0 N–H and O–H groups in total. The molecule has 13 heteroatoms. The van der Waals surface area contributed by atoms with Gasteiger partial charge in [-0.25, -0.2) is 16.8 Å². The van der Waals surface area contributed by atoms with Crippen molar-refractivity contribution in [3.8, 4) is 0 Å². The van der Waals surface area contributed by atoms with Gasteiger partial charge in [0, 0.05) is 7.05 Å². The third-order valence-electron chi connectivity index (χ3n) is 3.64. The lowest BCUT2D eigenvalue weighted by Gasteiger charge is -2.18. The first-order valence-corrected chi connectivity index (χ1v) is 10.0. The largest absolute Gasteiger partial charge is 0.416 e. The Morgan fingerprint density at radius 3 is 1.07 bits per heavy atom. The molecule has 28 heavy (non-hydrogen) atoms. The van der Waals surface area contributed by atoms with Crippen LogP contribution < -0.4 is 0 Å². The second kappa shape index (κ2) is 7.04. The molecule has 0 aliphatic carbocycles. The zero-order valence-electron chi connectivity index (χ0n) is 13.8. The van der Waals surface area contributed by atoms with E-state index in [9.17, 15) is 43.2 Å². The van der Waals surface area contributed by atoms with Gasteiger partial charge < -0.3 is 0 Å². The molecule has 0 radical (unpaired) electrons. The van der Waals surface area contributed by atoms with E-state index in [0.717, 1.165) is 0 Å². The smallest absolute Gasteiger partial charge is 0.206 e. The molecule has 0 heterocycles. The molecule has 0 spiro atoms. The normalized spacial score (nSPS) is 13.7. The summed E-state index contributed by atoms with van der Waals surface area (Å²) in [6.07, 6.45) is -9.44. The number of halogens is 6. The van der Waals surface area contributed by atoms with Gasteiger partial charge in [0.25, 0.3) is 20.0 Å². The van der Waals surface area contributed by atoms with Crippen molar-refractivity contribution in [2.24, 2.45) is 0 Å². The molecule has 154 valence electrons. The lowest BCUT2D eigenvalue weighted by molar-refractivity contribution is -0.138. The van der Waals surface area contributed by atoms with Crippen LogP contribution in [-0.2, 0) is 32.4 Å². The molecule has 5 nitrogen and oxygen atoms in total. The van der Waals surface area contributed by atoms with Gasteiger partial charge in [0.1, 0.15) is 0 Å². The number of sulfonamides is 2. The van der Waals surface area contributed by atoms with Crippen molar-refractivity contribution < 1.29 is 43.2 Å². The van der Waals surface area contributed by atoms with Crippen LogP contribution in [0.5, 0.6) is 0 Å². The first-order valence-electron chi connectivity index (χ1n) is 7.16. The van der Waals surface area contributed by atoms with E-state index in [1.807, 2.05) is 0 Å². The summed E-state index contributed by atoms with van der Waals surface area (Å²) in [4.78, 5) is -1.48. The molecule has 0 aliphatic heterocycles. The fourth-order valence-electron chi connectivity index (χ4n) is 2.06. The minimum atomic E-state index is -4.79. The minimum Gasteiger partial charge on any atom is -0.206 e. The van der Waals surface area contributed by atoms with Crippen LogP contribution in [0.2, 0.25) is 0 Å². The van der Waals surface area contributed by atoms with E-state index in [0.29, 0.717) is 55.6 Å². The fourth-order valence-corrected chi connectivity index (χ4v) is 5.16.